The molecule has 92 valence electrons. The van der Waals surface area contributed by atoms with Gasteiger partial charge in [0.05, 0.1) is 12.0 Å². The van der Waals surface area contributed by atoms with Gasteiger partial charge in [-0.1, -0.05) is 0 Å². The molecule has 0 aliphatic carbocycles. The molecular weight excluding hydrogens is 236 g/mol. The highest BCUT2D eigenvalue weighted by Crippen LogP contribution is 2.29. The summed E-state index contributed by atoms with van der Waals surface area (Å²) in [4.78, 5) is 14.1. The second-order valence-electron chi connectivity index (χ2n) is 3.36. The quantitative estimate of drug-likeness (QED) is 0.612. The van der Waals surface area contributed by atoms with Crippen LogP contribution >= 0.6 is 0 Å². The zero-order valence-corrected chi connectivity index (χ0v) is 9.57. The first-order chi connectivity index (χ1) is 8.70. The lowest BCUT2D eigenvalue weighted by atomic mass is 10.3. The molecule has 0 atom stereocenters. The van der Waals surface area contributed by atoms with E-state index in [4.69, 9.17) is 9.47 Å². The molecule has 0 fully saturated rings. The van der Waals surface area contributed by atoms with Gasteiger partial charge in [-0.05, 0) is 30.3 Å². The topological polar surface area (TPSA) is 74.5 Å². The van der Waals surface area contributed by atoms with Gasteiger partial charge in [0.15, 0.2) is 0 Å². The van der Waals surface area contributed by atoms with E-state index in [1.165, 1.54) is 18.3 Å². The Morgan fingerprint density at radius 3 is 2.44 bits per heavy atom. The van der Waals surface area contributed by atoms with Crippen molar-refractivity contribution in [2.45, 2.75) is 0 Å². The van der Waals surface area contributed by atoms with Crippen molar-refractivity contribution in [2.75, 3.05) is 7.11 Å². The molecule has 2 rings (SSSR count). The third-order valence-corrected chi connectivity index (χ3v) is 2.22. The maximum Gasteiger partial charge on any atom is 0.331 e. The van der Waals surface area contributed by atoms with Gasteiger partial charge in [-0.15, -0.1) is 0 Å². The van der Waals surface area contributed by atoms with E-state index in [1.54, 1.807) is 31.4 Å². The lowest BCUT2D eigenvalue weighted by Gasteiger charge is -2.05. The standard InChI is InChI=1S/C12H10N2O4/c1-17-9-4-6-10(7-5-9)18-12-11(14(15)16)3-2-8-13-12/h2-8H,1H3. The Morgan fingerprint density at radius 2 is 1.83 bits per heavy atom. The summed E-state index contributed by atoms with van der Waals surface area (Å²) in [6.07, 6.45) is 1.44. The molecule has 1 heterocycles. The van der Waals surface area contributed by atoms with Gasteiger partial charge < -0.3 is 9.47 Å². The van der Waals surface area contributed by atoms with Gasteiger partial charge in [-0.3, -0.25) is 10.1 Å². The number of ether oxygens (including phenoxy) is 2. The third-order valence-electron chi connectivity index (χ3n) is 2.22. The molecule has 0 aliphatic heterocycles. The van der Waals surface area contributed by atoms with E-state index >= 15 is 0 Å². The maximum atomic E-state index is 10.8. The van der Waals surface area contributed by atoms with E-state index < -0.39 is 4.92 Å². The monoisotopic (exact) mass is 246 g/mol. The molecule has 18 heavy (non-hydrogen) atoms. The van der Waals surface area contributed by atoms with Crippen LogP contribution in [0.5, 0.6) is 17.4 Å². The molecule has 0 aliphatic rings. The Labute approximate surface area is 103 Å². The number of nitrogens with zero attached hydrogens (tertiary/aromatic N) is 2. The number of aromatic nitrogens is 1. The van der Waals surface area contributed by atoms with E-state index in [0.29, 0.717) is 11.5 Å². The van der Waals surface area contributed by atoms with Crippen molar-refractivity contribution in [1.29, 1.82) is 0 Å². The lowest BCUT2D eigenvalue weighted by Crippen LogP contribution is -1.95. The molecule has 0 radical (unpaired) electrons. The molecule has 2 aromatic rings. The van der Waals surface area contributed by atoms with Crippen LogP contribution in [0.1, 0.15) is 0 Å². The minimum atomic E-state index is -0.536. The molecule has 1 aromatic heterocycles. The molecule has 1 aromatic carbocycles. The predicted molar refractivity (Wildman–Crippen MR) is 64.0 cm³/mol. The van der Waals surface area contributed by atoms with Crippen LogP contribution in [0.4, 0.5) is 5.69 Å². The fourth-order valence-corrected chi connectivity index (χ4v) is 1.36. The first-order valence-electron chi connectivity index (χ1n) is 5.12. The highest BCUT2D eigenvalue weighted by molar-refractivity contribution is 5.43. The van der Waals surface area contributed by atoms with Crippen LogP contribution in [-0.2, 0) is 0 Å². The number of methoxy groups -OCH3 is 1. The van der Waals surface area contributed by atoms with E-state index in [2.05, 4.69) is 4.98 Å². The summed E-state index contributed by atoms with van der Waals surface area (Å²) >= 11 is 0. The van der Waals surface area contributed by atoms with Crippen molar-refractivity contribution in [3.8, 4) is 17.4 Å². The third kappa shape index (κ3) is 2.54. The second kappa shape index (κ2) is 5.13. The van der Waals surface area contributed by atoms with E-state index in [9.17, 15) is 10.1 Å². The Bertz CT molecular complexity index is 554. The summed E-state index contributed by atoms with van der Waals surface area (Å²) in [5.74, 6) is 1.10. The van der Waals surface area contributed by atoms with Crippen molar-refractivity contribution < 1.29 is 14.4 Å². The fraction of sp³-hybridized carbons (Fsp3) is 0.0833. The van der Waals surface area contributed by atoms with Gasteiger partial charge >= 0.3 is 5.69 Å². The van der Waals surface area contributed by atoms with E-state index in [0.717, 1.165) is 0 Å². The summed E-state index contributed by atoms with van der Waals surface area (Å²) in [7, 11) is 1.56. The molecule has 0 spiro atoms. The Kier molecular flexibility index (Phi) is 3.38. The average molecular weight is 246 g/mol. The summed E-state index contributed by atoms with van der Waals surface area (Å²) < 4.78 is 10.4. The smallest absolute Gasteiger partial charge is 0.331 e. The molecule has 0 saturated carbocycles. The van der Waals surface area contributed by atoms with Crippen LogP contribution in [0.3, 0.4) is 0 Å². The average Bonchev–Trinajstić information content (AvgIpc) is 2.40. The lowest BCUT2D eigenvalue weighted by molar-refractivity contribution is -0.386. The van der Waals surface area contributed by atoms with Gasteiger partial charge in [0, 0.05) is 12.3 Å². The highest BCUT2D eigenvalue weighted by atomic mass is 16.6. The van der Waals surface area contributed by atoms with Crippen molar-refractivity contribution in [3.05, 3.63) is 52.7 Å². The first-order valence-corrected chi connectivity index (χ1v) is 5.12. The van der Waals surface area contributed by atoms with Crippen molar-refractivity contribution >= 4 is 5.69 Å². The molecule has 0 saturated heterocycles. The largest absolute Gasteiger partial charge is 0.497 e. The highest BCUT2D eigenvalue weighted by Gasteiger charge is 2.16. The van der Waals surface area contributed by atoms with Gasteiger partial charge in [0.2, 0.25) is 0 Å². The van der Waals surface area contributed by atoms with Crippen LogP contribution in [0, 0.1) is 10.1 Å². The van der Waals surface area contributed by atoms with Crippen molar-refractivity contribution in [2.24, 2.45) is 0 Å². The molecule has 0 amide bonds. The van der Waals surface area contributed by atoms with Crippen LogP contribution < -0.4 is 9.47 Å². The van der Waals surface area contributed by atoms with Crippen LogP contribution in [0.15, 0.2) is 42.6 Å². The van der Waals surface area contributed by atoms with Gasteiger partial charge in [0.1, 0.15) is 11.5 Å². The minimum absolute atomic E-state index is 0.0346. The number of hydrogen-bond donors (Lipinski definition) is 0. The zero-order chi connectivity index (χ0) is 13.0. The maximum absolute atomic E-state index is 10.8. The van der Waals surface area contributed by atoms with Gasteiger partial charge in [0.25, 0.3) is 5.88 Å². The summed E-state index contributed by atoms with van der Waals surface area (Å²) in [6.45, 7) is 0. The number of hydrogen-bond acceptors (Lipinski definition) is 5. The second-order valence-corrected chi connectivity index (χ2v) is 3.36. The minimum Gasteiger partial charge on any atom is -0.497 e. The van der Waals surface area contributed by atoms with Crippen LogP contribution in [0.25, 0.3) is 0 Å². The Balaban J connectivity index is 2.25. The first kappa shape index (κ1) is 11.8. The Hall–Kier alpha value is -2.63. The number of benzene rings is 1. The normalized spacial score (nSPS) is 9.83. The molecular formula is C12H10N2O4. The summed E-state index contributed by atoms with van der Waals surface area (Å²) in [5, 5.41) is 10.8. The van der Waals surface area contributed by atoms with Crippen LogP contribution in [0.2, 0.25) is 0 Å². The molecule has 6 heteroatoms. The molecule has 0 N–H and O–H groups in total. The van der Waals surface area contributed by atoms with Crippen molar-refractivity contribution in [1.82, 2.24) is 4.98 Å². The van der Waals surface area contributed by atoms with Crippen LogP contribution in [-0.4, -0.2) is 17.0 Å². The summed E-state index contributed by atoms with van der Waals surface area (Å²) in [6, 6.07) is 9.52. The zero-order valence-electron chi connectivity index (χ0n) is 9.57. The molecule has 0 bridgehead atoms. The number of pyridine rings is 1. The van der Waals surface area contributed by atoms with E-state index in [-0.39, 0.29) is 11.6 Å². The fourth-order valence-electron chi connectivity index (χ4n) is 1.36. The number of rotatable bonds is 4. The van der Waals surface area contributed by atoms with Gasteiger partial charge in [-0.25, -0.2) is 4.98 Å². The molecule has 6 nitrogen and oxygen atoms in total. The SMILES string of the molecule is COc1ccc(Oc2ncccc2[N+](=O)[O-])cc1. The molecule has 0 unspecified atom stereocenters. The van der Waals surface area contributed by atoms with E-state index in [1.807, 2.05) is 0 Å². The van der Waals surface area contributed by atoms with Gasteiger partial charge in [-0.2, -0.15) is 0 Å². The van der Waals surface area contributed by atoms with Crippen molar-refractivity contribution in [3.63, 3.8) is 0 Å². The summed E-state index contributed by atoms with van der Waals surface area (Å²) in [5.41, 5.74) is -0.173. The Morgan fingerprint density at radius 1 is 1.17 bits per heavy atom. The predicted octanol–water partition coefficient (Wildman–Crippen LogP) is 2.79. The number of nitro groups is 1.